The first-order valence-electron chi connectivity index (χ1n) is 9.11. The third-order valence-electron chi connectivity index (χ3n) is 5.06. The van der Waals surface area contributed by atoms with Crippen LogP contribution in [0, 0.1) is 0 Å². The summed E-state index contributed by atoms with van der Waals surface area (Å²) in [6, 6.07) is 20.2. The van der Waals surface area contributed by atoms with Crippen LogP contribution in [0.1, 0.15) is 36.8 Å². The second-order valence-corrected chi connectivity index (χ2v) is 6.77. The zero-order chi connectivity index (χ0) is 17.8. The van der Waals surface area contributed by atoms with Gasteiger partial charge in [-0.05, 0) is 53.9 Å². The fraction of sp³-hybridized carbons (Fsp3) is 0.350. The molecule has 0 bridgehead atoms. The van der Waals surface area contributed by atoms with Crippen LogP contribution in [0.5, 0.6) is 0 Å². The Labute approximate surface area is 153 Å². The predicted molar refractivity (Wildman–Crippen MR) is 98.6 cm³/mol. The molecule has 2 aromatic carbocycles. The molecule has 6 heteroatoms. The van der Waals surface area contributed by atoms with Crippen molar-refractivity contribution >= 4 is 0 Å². The van der Waals surface area contributed by atoms with E-state index in [4.69, 9.17) is 0 Å². The lowest BCUT2D eigenvalue weighted by Crippen LogP contribution is -2.31. The van der Waals surface area contributed by atoms with Gasteiger partial charge >= 0.3 is 0 Å². The number of hydrogen-bond donors (Lipinski definition) is 1. The summed E-state index contributed by atoms with van der Waals surface area (Å²) >= 11 is 0. The Morgan fingerprint density at radius 1 is 1.04 bits per heavy atom. The summed E-state index contributed by atoms with van der Waals surface area (Å²) in [6.07, 6.45) is 2.53. The quantitative estimate of drug-likeness (QED) is 0.741. The second kappa shape index (κ2) is 7.76. The van der Waals surface area contributed by atoms with E-state index in [9.17, 15) is 5.11 Å². The normalized spacial score (nSPS) is 18.9. The van der Waals surface area contributed by atoms with E-state index in [-0.39, 0.29) is 0 Å². The van der Waals surface area contributed by atoms with Crippen LogP contribution >= 0.6 is 0 Å². The number of nitrogens with zero attached hydrogens (tertiary/aromatic N) is 5. The average molecular weight is 349 g/mol. The van der Waals surface area contributed by atoms with Gasteiger partial charge in [-0.3, -0.25) is 4.90 Å². The molecule has 0 radical (unpaired) electrons. The van der Waals surface area contributed by atoms with E-state index in [1.54, 1.807) is 4.68 Å². The molecule has 2 atom stereocenters. The summed E-state index contributed by atoms with van der Waals surface area (Å²) in [7, 11) is 0. The first kappa shape index (κ1) is 16.9. The SMILES string of the molecule is O[C@H](C[C@@H]1CCCN1Cc1nnnn1-c1ccccc1)c1ccccc1. The van der Waals surface area contributed by atoms with Crippen LogP contribution in [-0.4, -0.2) is 42.8 Å². The molecular formula is C20H23N5O. The molecule has 134 valence electrons. The zero-order valence-electron chi connectivity index (χ0n) is 14.6. The third-order valence-corrected chi connectivity index (χ3v) is 5.06. The number of para-hydroxylation sites is 1. The highest BCUT2D eigenvalue weighted by atomic mass is 16.3. The summed E-state index contributed by atoms with van der Waals surface area (Å²) in [5.74, 6) is 0.831. The lowest BCUT2D eigenvalue weighted by atomic mass is 10.0. The summed E-state index contributed by atoms with van der Waals surface area (Å²) < 4.78 is 1.79. The molecule has 0 amide bonds. The number of hydrogen-bond acceptors (Lipinski definition) is 5. The topological polar surface area (TPSA) is 67.1 Å². The van der Waals surface area contributed by atoms with Crippen molar-refractivity contribution in [3.63, 3.8) is 0 Å². The molecule has 1 N–H and O–H groups in total. The van der Waals surface area contributed by atoms with Gasteiger partial charge in [-0.1, -0.05) is 48.5 Å². The van der Waals surface area contributed by atoms with Crippen molar-refractivity contribution in [3.8, 4) is 5.69 Å². The summed E-state index contributed by atoms with van der Waals surface area (Å²) in [4.78, 5) is 2.39. The molecule has 0 saturated carbocycles. The zero-order valence-corrected chi connectivity index (χ0v) is 14.6. The van der Waals surface area contributed by atoms with Crippen molar-refractivity contribution in [1.29, 1.82) is 0 Å². The van der Waals surface area contributed by atoms with E-state index >= 15 is 0 Å². The number of rotatable bonds is 6. The van der Waals surface area contributed by atoms with Crippen molar-refractivity contribution in [2.24, 2.45) is 0 Å². The number of aromatic nitrogens is 4. The van der Waals surface area contributed by atoms with Crippen molar-refractivity contribution in [2.45, 2.75) is 38.0 Å². The summed E-state index contributed by atoms with van der Waals surface area (Å²) in [5.41, 5.74) is 1.95. The van der Waals surface area contributed by atoms with Gasteiger partial charge in [0.2, 0.25) is 0 Å². The molecule has 0 spiro atoms. The fourth-order valence-electron chi connectivity index (χ4n) is 3.69. The van der Waals surface area contributed by atoms with Crippen molar-refractivity contribution in [2.75, 3.05) is 6.54 Å². The lowest BCUT2D eigenvalue weighted by molar-refractivity contribution is 0.116. The molecule has 0 aliphatic carbocycles. The smallest absolute Gasteiger partial charge is 0.170 e. The van der Waals surface area contributed by atoms with Gasteiger partial charge in [0.25, 0.3) is 0 Å². The number of aliphatic hydroxyl groups is 1. The highest BCUT2D eigenvalue weighted by Crippen LogP contribution is 2.28. The molecule has 1 aliphatic heterocycles. The molecule has 3 aromatic rings. The fourth-order valence-corrected chi connectivity index (χ4v) is 3.69. The molecule has 1 fully saturated rings. The van der Waals surface area contributed by atoms with E-state index in [0.717, 1.165) is 42.9 Å². The molecule has 26 heavy (non-hydrogen) atoms. The maximum absolute atomic E-state index is 10.6. The van der Waals surface area contributed by atoms with E-state index in [2.05, 4.69) is 20.4 Å². The number of aliphatic hydroxyl groups excluding tert-OH is 1. The second-order valence-electron chi connectivity index (χ2n) is 6.77. The van der Waals surface area contributed by atoms with Crippen LogP contribution in [0.25, 0.3) is 5.69 Å². The minimum Gasteiger partial charge on any atom is -0.388 e. The van der Waals surface area contributed by atoms with Crippen LogP contribution in [0.3, 0.4) is 0 Å². The van der Waals surface area contributed by atoms with Crippen LogP contribution in [-0.2, 0) is 6.54 Å². The molecule has 0 unspecified atom stereocenters. The molecule has 6 nitrogen and oxygen atoms in total. The lowest BCUT2D eigenvalue weighted by Gasteiger charge is -2.26. The standard InChI is InChI=1S/C20H23N5O/c26-19(16-8-3-1-4-9-16)14-18-12-7-13-24(18)15-20-21-22-23-25(20)17-10-5-2-6-11-17/h1-6,8-11,18-19,26H,7,12-15H2/t18-,19+/m0/s1. The first-order valence-corrected chi connectivity index (χ1v) is 9.11. The van der Waals surface area contributed by atoms with Crippen LogP contribution in [0.2, 0.25) is 0 Å². The van der Waals surface area contributed by atoms with Crippen LogP contribution < -0.4 is 0 Å². The Morgan fingerprint density at radius 2 is 1.77 bits per heavy atom. The van der Waals surface area contributed by atoms with Gasteiger partial charge in [-0.15, -0.1) is 5.10 Å². The van der Waals surface area contributed by atoms with Crippen molar-refractivity contribution in [1.82, 2.24) is 25.1 Å². The predicted octanol–water partition coefficient (Wildman–Crippen LogP) is 2.75. The molecule has 1 aliphatic rings. The number of likely N-dealkylation sites (tertiary alicyclic amines) is 1. The van der Waals surface area contributed by atoms with E-state index in [1.807, 2.05) is 60.7 Å². The first-order chi connectivity index (χ1) is 12.8. The van der Waals surface area contributed by atoms with Gasteiger partial charge in [0.05, 0.1) is 18.3 Å². The molecule has 2 heterocycles. The Hall–Kier alpha value is -2.57. The van der Waals surface area contributed by atoms with Gasteiger partial charge in [-0.2, -0.15) is 4.68 Å². The highest BCUT2D eigenvalue weighted by Gasteiger charge is 2.28. The molecule has 1 saturated heterocycles. The van der Waals surface area contributed by atoms with E-state index in [1.165, 1.54) is 0 Å². The van der Waals surface area contributed by atoms with Crippen LogP contribution in [0.15, 0.2) is 60.7 Å². The molecular weight excluding hydrogens is 326 g/mol. The minimum atomic E-state index is -0.438. The third kappa shape index (κ3) is 3.66. The van der Waals surface area contributed by atoms with Crippen LogP contribution in [0.4, 0.5) is 0 Å². The Morgan fingerprint density at radius 3 is 2.54 bits per heavy atom. The number of tetrazole rings is 1. The average Bonchev–Trinajstić information content (AvgIpc) is 3.33. The maximum atomic E-state index is 10.6. The minimum absolute atomic E-state index is 0.339. The summed E-state index contributed by atoms with van der Waals surface area (Å²) in [5, 5.41) is 22.8. The Kier molecular flexibility index (Phi) is 5.04. The van der Waals surface area contributed by atoms with Gasteiger partial charge in [0.15, 0.2) is 5.82 Å². The van der Waals surface area contributed by atoms with Crippen molar-refractivity contribution < 1.29 is 5.11 Å². The Bertz CT molecular complexity index is 820. The van der Waals surface area contributed by atoms with Gasteiger partial charge < -0.3 is 5.11 Å². The van der Waals surface area contributed by atoms with Gasteiger partial charge in [0, 0.05) is 6.04 Å². The molecule has 4 rings (SSSR count). The Balaban J connectivity index is 1.46. The molecule has 1 aromatic heterocycles. The van der Waals surface area contributed by atoms with Gasteiger partial charge in [-0.25, -0.2) is 0 Å². The maximum Gasteiger partial charge on any atom is 0.170 e. The van der Waals surface area contributed by atoms with Crippen molar-refractivity contribution in [3.05, 3.63) is 72.1 Å². The van der Waals surface area contributed by atoms with E-state index in [0.29, 0.717) is 12.6 Å². The largest absolute Gasteiger partial charge is 0.388 e. The van der Waals surface area contributed by atoms with Gasteiger partial charge in [0.1, 0.15) is 0 Å². The van der Waals surface area contributed by atoms with E-state index < -0.39 is 6.10 Å². The highest BCUT2D eigenvalue weighted by molar-refractivity contribution is 5.30. The number of benzene rings is 2. The monoisotopic (exact) mass is 349 g/mol. The summed E-state index contributed by atoms with van der Waals surface area (Å²) in [6.45, 7) is 1.70.